The van der Waals surface area contributed by atoms with Gasteiger partial charge in [0.2, 0.25) is 0 Å². The Kier molecular flexibility index (Phi) is 6.48. The third-order valence-electron chi connectivity index (χ3n) is 4.55. The molecule has 0 bridgehead atoms. The van der Waals surface area contributed by atoms with Gasteiger partial charge in [0, 0.05) is 11.8 Å². The van der Waals surface area contributed by atoms with Crippen molar-refractivity contribution in [3.05, 3.63) is 88.9 Å². The number of carbonyl (C=O) groups is 1. The highest BCUT2D eigenvalue weighted by molar-refractivity contribution is 7.16. The van der Waals surface area contributed by atoms with Crippen LogP contribution in [0.5, 0.6) is 11.5 Å². The van der Waals surface area contributed by atoms with E-state index in [2.05, 4.69) is 15.3 Å². The molecule has 0 atom stereocenters. The zero-order valence-electron chi connectivity index (χ0n) is 17.3. The van der Waals surface area contributed by atoms with Crippen molar-refractivity contribution >= 4 is 22.4 Å². The molecule has 12 heteroatoms. The van der Waals surface area contributed by atoms with Crippen LogP contribution in [0.15, 0.2) is 72.9 Å². The van der Waals surface area contributed by atoms with Crippen LogP contribution in [0.2, 0.25) is 0 Å². The number of alkyl halides is 6. The standard InChI is InChI=1S/C23H13F6N3O2S/c24-22(25,26)14-6-10-16(11-7-14)34-15-8-4-13(5-9-15)20(33)32-21-31-18(17-3-1-2-12-30-17)19(35-21)23(27,28)29/h1-12H,(H,31,32,33). The Morgan fingerprint density at radius 2 is 1.46 bits per heavy atom. The molecule has 1 amide bonds. The molecule has 4 aromatic rings. The second-order valence-electron chi connectivity index (χ2n) is 7.01. The lowest BCUT2D eigenvalue weighted by Gasteiger charge is -2.09. The molecule has 4 rings (SSSR count). The molecule has 2 aromatic heterocycles. The van der Waals surface area contributed by atoms with E-state index in [4.69, 9.17) is 4.74 Å². The highest BCUT2D eigenvalue weighted by Gasteiger charge is 2.38. The molecule has 2 aromatic carbocycles. The van der Waals surface area contributed by atoms with Gasteiger partial charge in [-0.3, -0.25) is 15.1 Å². The summed E-state index contributed by atoms with van der Waals surface area (Å²) in [6.45, 7) is 0. The highest BCUT2D eigenvalue weighted by atomic mass is 32.1. The molecule has 0 fully saturated rings. The fourth-order valence-electron chi connectivity index (χ4n) is 2.93. The van der Waals surface area contributed by atoms with Crippen LogP contribution in [0.25, 0.3) is 11.4 Å². The van der Waals surface area contributed by atoms with E-state index in [0.717, 1.165) is 24.3 Å². The van der Waals surface area contributed by atoms with E-state index >= 15 is 0 Å². The molecule has 35 heavy (non-hydrogen) atoms. The van der Waals surface area contributed by atoms with Crippen LogP contribution in [0.3, 0.4) is 0 Å². The smallest absolute Gasteiger partial charge is 0.427 e. The van der Waals surface area contributed by atoms with Crippen molar-refractivity contribution in [3.8, 4) is 22.9 Å². The van der Waals surface area contributed by atoms with Gasteiger partial charge in [0.05, 0.1) is 11.3 Å². The van der Waals surface area contributed by atoms with E-state index in [9.17, 15) is 31.1 Å². The number of aromatic nitrogens is 2. The lowest BCUT2D eigenvalue weighted by atomic mass is 10.2. The van der Waals surface area contributed by atoms with Gasteiger partial charge in [0.15, 0.2) is 5.13 Å². The summed E-state index contributed by atoms with van der Waals surface area (Å²) >= 11 is 0.279. The number of nitrogens with one attached hydrogen (secondary N) is 1. The van der Waals surface area contributed by atoms with Crippen molar-refractivity contribution in [3.63, 3.8) is 0 Å². The van der Waals surface area contributed by atoms with Crippen LogP contribution in [0, 0.1) is 0 Å². The van der Waals surface area contributed by atoms with Crippen LogP contribution in [-0.2, 0) is 12.4 Å². The Balaban J connectivity index is 1.47. The van der Waals surface area contributed by atoms with E-state index in [1.165, 1.54) is 42.6 Å². The number of halogens is 6. The third kappa shape index (κ3) is 5.77. The van der Waals surface area contributed by atoms with Gasteiger partial charge in [-0.15, -0.1) is 0 Å². The molecular weight excluding hydrogens is 496 g/mol. The summed E-state index contributed by atoms with van der Waals surface area (Å²) in [7, 11) is 0. The van der Waals surface area contributed by atoms with Gasteiger partial charge in [-0.2, -0.15) is 26.3 Å². The predicted molar refractivity (Wildman–Crippen MR) is 116 cm³/mol. The van der Waals surface area contributed by atoms with E-state index in [1.807, 2.05) is 0 Å². The van der Waals surface area contributed by atoms with Gasteiger partial charge in [-0.05, 0) is 60.7 Å². The molecule has 0 unspecified atom stereocenters. The summed E-state index contributed by atoms with van der Waals surface area (Å²) in [5.41, 5.74) is -1.09. The Morgan fingerprint density at radius 1 is 0.829 bits per heavy atom. The first kappa shape index (κ1) is 24.2. The molecule has 0 saturated carbocycles. The lowest BCUT2D eigenvalue weighted by molar-refractivity contribution is -0.137. The summed E-state index contributed by atoms with van der Waals surface area (Å²) in [4.78, 5) is 19.3. The average molecular weight is 509 g/mol. The topological polar surface area (TPSA) is 64.1 Å². The number of hydrogen-bond donors (Lipinski definition) is 1. The number of carbonyl (C=O) groups excluding carboxylic acids is 1. The molecule has 2 heterocycles. The number of nitrogens with zero attached hydrogens (tertiary/aromatic N) is 2. The molecule has 0 aliphatic heterocycles. The first-order valence-electron chi connectivity index (χ1n) is 9.76. The maximum absolute atomic E-state index is 13.5. The van der Waals surface area contributed by atoms with Gasteiger partial charge < -0.3 is 4.74 Å². The number of pyridine rings is 1. The lowest BCUT2D eigenvalue weighted by Crippen LogP contribution is -2.11. The van der Waals surface area contributed by atoms with Crippen molar-refractivity contribution < 1.29 is 35.9 Å². The van der Waals surface area contributed by atoms with Gasteiger partial charge in [0.25, 0.3) is 5.91 Å². The number of benzene rings is 2. The van der Waals surface area contributed by atoms with E-state index in [0.29, 0.717) is 0 Å². The zero-order chi connectivity index (χ0) is 25.2. The fourth-order valence-corrected chi connectivity index (χ4v) is 3.77. The summed E-state index contributed by atoms with van der Waals surface area (Å²) in [6, 6.07) is 14.0. The maximum atomic E-state index is 13.5. The summed E-state index contributed by atoms with van der Waals surface area (Å²) in [6.07, 6.45) is -7.82. The minimum Gasteiger partial charge on any atom is -0.457 e. The number of anilines is 1. The molecule has 0 aliphatic carbocycles. The first-order valence-corrected chi connectivity index (χ1v) is 10.6. The normalized spacial score (nSPS) is 11.8. The van der Waals surface area contributed by atoms with Crippen molar-refractivity contribution in [1.82, 2.24) is 9.97 Å². The molecule has 0 aliphatic rings. The van der Waals surface area contributed by atoms with Gasteiger partial charge in [0.1, 0.15) is 22.1 Å². The van der Waals surface area contributed by atoms with Crippen LogP contribution in [0.1, 0.15) is 20.8 Å². The minimum absolute atomic E-state index is 0.0151. The van der Waals surface area contributed by atoms with E-state index in [-0.39, 0.29) is 39.2 Å². The first-order chi connectivity index (χ1) is 16.5. The molecule has 5 nitrogen and oxygen atoms in total. The molecule has 180 valence electrons. The van der Waals surface area contributed by atoms with Crippen molar-refractivity contribution in [2.45, 2.75) is 12.4 Å². The largest absolute Gasteiger partial charge is 0.457 e. The predicted octanol–water partition coefficient (Wildman–Crippen LogP) is 7.29. The number of thiazole rings is 1. The Hall–Kier alpha value is -3.93. The Morgan fingerprint density at radius 3 is 2.00 bits per heavy atom. The fraction of sp³-hybridized carbons (Fsp3) is 0.0870. The van der Waals surface area contributed by atoms with Crippen LogP contribution >= 0.6 is 11.3 Å². The second kappa shape index (κ2) is 9.37. The molecule has 1 N–H and O–H groups in total. The summed E-state index contributed by atoms with van der Waals surface area (Å²) < 4.78 is 83.8. The van der Waals surface area contributed by atoms with Crippen LogP contribution < -0.4 is 10.1 Å². The zero-order valence-corrected chi connectivity index (χ0v) is 18.1. The van der Waals surface area contributed by atoms with Crippen molar-refractivity contribution in [2.75, 3.05) is 5.32 Å². The Labute approximate surface area is 198 Å². The number of hydrogen-bond acceptors (Lipinski definition) is 5. The maximum Gasteiger partial charge on any atom is 0.427 e. The van der Waals surface area contributed by atoms with Crippen LogP contribution in [-0.4, -0.2) is 15.9 Å². The number of amides is 1. The molecule has 0 radical (unpaired) electrons. The van der Waals surface area contributed by atoms with E-state index < -0.39 is 34.4 Å². The quantitative estimate of drug-likeness (QED) is 0.287. The molecule has 0 saturated heterocycles. The molecular formula is C23H13F6N3O2S. The summed E-state index contributed by atoms with van der Waals surface area (Å²) in [5, 5.41) is 2.09. The summed E-state index contributed by atoms with van der Waals surface area (Å²) in [5.74, 6) is -0.312. The number of rotatable bonds is 5. The highest BCUT2D eigenvalue weighted by Crippen LogP contribution is 2.42. The third-order valence-corrected chi connectivity index (χ3v) is 5.56. The second-order valence-corrected chi connectivity index (χ2v) is 8.01. The van der Waals surface area contributed by atoms with Gasteiger partial charge in [-0.1, -0.05) is 17.4 Å². The van der Waals surface area contributed by atoms with Crippen molar-refractivity contribution in [1.29, 1.82) is 0 Å². The number of ether oxygens (including phenoxy) is 1. The van der Waals surface area contributed by atoms with Crippen LogP contribution in [0.4, 0.5) is 31.5 Å². The van der Waals surface area contributed by atoms with Gasteiger partial charge >= 0.3 is 12.4 Å². The van der Waals surface area contributed by atoms with E-state index in [1.54, 1.807) is 6.07 Å². The molecule has 0 spiro atoms. The monoisotopic (exact) mass is 509 g/mol. The SMILES string of the molecule is O=C(Nc1nc(-c2ccccn2)c(C(F)(F)F)s1)c1ccc(Oc2ccc(C(F)(F)F)cc2)cc1. The van der Waals surface area contributed by atoms with Crippen molar-refractivity contribution in [2.24, 2.45) is 0 Å². The minimum atomic E-state index is -4.69. The average Bonchev–Trinajstić information content (AvgIpc) is 3.24. The Bertz CT molecular complexity index is 1320. The van der Waals surface area contributed by atoms with Gasteiger partial charge in [-0.25, -0.2) is 4.98 Å².